The number of carboxylic acid groups (broad SMARTS) is 1. The first-order chi connectivity index (χ1) is 11.0. The Hall–Kier alpha value is -1.40. The first-order valence-electron chi connectivity index (χ1n) is 7.61. The maximum Gasteiger partial charge on any atom is 1.00 e. The Morgan fingerprint density at radius 1 is 1.08 bits per heavy atom. The van der Waals surface area contributed by atoms with Crippen LogP contribution in [0.25, 0.3) is 10.8 Å². The second-order valence-corrected chi connectivity index (χ2v) is 5.56. The number of hydrogen-bond donors (Lipinski definition) is 1. The van der Waals surface area contributed by atoms with Crippen molar-refractivity contribution in [1.29, 1.82) is 0 Å². The molecule has 0 fully saturated rings. The van der Waals surface area contributed by atoms with Crippen molar-refractivity contribution in [2.45, 2.75) is 19.8 Å². The van der Waals surface area contributed by atoms with Gasteiger partial charge < -0.3 is 19.9 Å². The Morgan fingerprint density at radius 2 is 1.75 bits per heavy atom. The molecule has 0 aliphatic heterocycles. The Labute approximate surface area is 163 Å². The van der Waals surface area contributed by atoms with Gasteiger partial charge in [-0.05, 0) is 42.7 Å². The third-order valence-corrected chi connectivity index (χ3v) is 3.71. The normalized spacial score (nSPS) is 10.2. The van der Waals surface area contributed by atoms with E-state index in [2.05, 4.69) is 6.07 Å². The first-order valence-corrected chi connectivity index (χ1v) is 7.61. The van der Waals surface area contributed by atoms with Crippen LogP contribution in [0.1, 0.15) is 28.8 Å². The van der Waals surface area contributed by atoms with Crippen molar-refractivity contribution in [3.63, 3.8) is 0 Å². The van der Waals surface area contributed by atoms with Gasteiger partial charge in [0.05, 0.1) is 6.61 Å². The number of aliphatic hydroxyl groups is 1. The monoisotopic (exact) mass is 337 g/mol. The summed E-state index contributed by atoms with van der Waals surface area (Å²) in [4.78, 5) is 24.5. The molecule has 0 aliphatic rings. The van der Waals surface area contributed by atoms with Crippen LogP contribution >= 0.6 is 0 Å². The van der Waals surface area contributed by atoms with Gasteiger partial charge in [0.25, 0.3) is 5.91 Å². The molecule has 1 N–H and O–H groups in total. The molecule has 5 nitrogen and oxygen atoms in total. The van der Waals surface area contributed by atoms with E-state index in [-0.39, 0.29) is 61.6 Å². The summed E-state index contributed by atoms with van der Waals surface area (Å²) in [5, 5.41) is 21.6. The van der Waals surface area contributed by atoms with Crippen LogP contribution in [0.4, 0.5) is 0 Å². The summed E-state index contributed by atoms with van der Waals surface area (Å²) in [6.45, 7) is 2.31. The van der Waals surface area contributed by atoms with E-state index in [0.29, 0.717) is 12.0 Å². The molecule has 122 valence electrons. The number of nitrogens with zero attached hydrogens (tertiary/aromatic N) is 1. The molecule has 0 bridgehead atoms. The summed E-state index contributed by atoms with van der Waals surface area (Å²) in [6.07, 6.45) is 0.201. The molecule has 1 amide bonds. The van der Waals surface area contributed by atoms with Crippen LogP contribution in [-0.2, 0) is 4.79 Å². The van der Waals surface area contributed by atoms with Gasteiger partial charge in [0.1, 0.15) is 0 Å². The molecule has 0 saturated carbocycles. The summed E-state index contributed by atoms with van der Waals surface area (Å²) < 4.78 is 0. The zero-order valence-electron chi connectivity index (χ0n) is 14.1. The van der Waals surface area contributed by atoms with E-state index in [9.17, 15) is 14.7 Å². The molecule has 0 atom stereocenters. The number of carbonyl (C=O) groups is 2. The third-order valence-electron chi connectivity index (χ3n) is 3.71. The van der Waals surface area contributed by atoms with Crippen LogP contribution in [0.5, 0.6) is 0 Å². The van der Waals surface area contributed by atoms with Gasteiger partial charge in [0.15, 0.2) is 0 Å². The summed E-state index contributed by atoms with van der Waals surface area (Å²) in [7, 11) is 0. The molecule has 2 aromatic rings. The second-order valence-electron chi connectivity index (χ2n) is 5.56. The van der Waals surface area contributed by atoms with Gasteiger partial charge >= 0.3 is 29.6 Å². The number of aliphatic carboxylic acids is 1. The quantitative estimate of drug-likeness (QED) is 0.600. The van der Waals surface area contributed by atoms with Crippen molar-refractivity contribution in [2.75, 3.05) is 19.7 Å². The number of amides is 1. The molecule has 0 aliphatic carbocycles. The fourth-order valence-electron chi connectivity index (χ4n) is 2.53. The van der Waals surface area contributed by atoms with Gasteiger partial charge in [-0.1, -0.05) is 29.8 Å². The number of carboxylic acids is 1. The van der Waals surface area contributed by atoms with Gasteiger partial charge in [-0.3, -0.25) is 4.79 Å². The van der Waals surface area contributed by atoms with Gasteiger partial charge in [-0.25, -0.2) is 0 Å². The third kappa shape index (κ3) is 5.60. The van der Waals surface area contributed by atoms with Crippen molar-refractivity contribution in [3.8, 4) is 0 Å². The Kier molecular flexibility index (Phi) is 8.42. The fraction of sp³-hybridized carbons (Fsp3) is 0.333. The van der Waals surface area contributed by atoms with Gasteiger partial charge in [-0.2, -0.15) is 0 Å². The van der Waals surface area contributed by atoms with Crippen molar-refractivity contribution >= 4 is 22.6 Å². The Balaban J connectivity index is 0.00000288. The van der Waals surface area contributed by atoms with Crippen LogP contribution in [0.3, 0.4) is 0 Å². The number of aliphatic hydroxyl groups excluding tert-OH is 1. The molecule has 0 heterocycles. The largest absolute Gasteiger partial charge is 1.00 e. The van der Waals surface area contributed by atoms with Crippen molar-refractivity contribution < 1.29 is 49.4 Å². The van der Waals surface area contributed by atoms with E-state index in [1.54, 1.807) is 6.07 Å². The SMILES string of the molecule is Cc1ccc2cc(C(=O)N(CCO)CCCC(=O)[O-])ccc2c1.[Na+]. The van der Waals surface area contributed by atoms with Gasteiger partial charge in [0.2, 0.25) is 0 Å². The minimum Gasteiger partial charge on any atom is -0.550 e. The minimum absolute atomic E-state index is 0. The number of benzene rings is 2. The van der Waals surface area contributed by atoms with E-state index < -0.39 is 5.97 Å². The molecule has 2 aromatic carbocycles. The summed E-state index contributed by atoms with van der Waals surface area (Å²) in [5.41, 5.74) is 1.68. The average Bonchev–Trinajstić information content (AvgIpc) is 2.52. The zero-order chi connectivity index (χ0) is 16.8. The molecule has 6 heteroatoms. The standard InChI is InChI=1S/C18H21NO4.Na/c1-13-4-5-15-12-16(7-6-14(15)11-13)18(23)19(9-10-20)8-2-3-17(21)22;/h4-7,11-12,20H,2-3,8-10H2,1H3,(H,21,22);/q;+1/p-1. The first kappa shape index (κ1) is 20.6. The second kappa shape index (κ2) is 9.79. The Bertz CT molecular complexity index is 717. The van der Waals surface area contributed by atoms with Gasteiger partial charge in [-0.15, -0.1) is 0 Å². The van der Waals surface area contributed by atoms with E-state index in [4.69, 9.17) is 5.11 Å². The van der Waals surface area contributed by atoms with E-state index in [1.165, 1.54) is 4.90 Å². The predicted molar refractivity (Wildman–Crippen MR) is 85.9 cm³/mol. The van der Waals surface area contributed by atoms with E-state index >= 15 is 0 Å². The molecule has 0 aromatic heterocycles. The summed E-state index contributed by atoms with van der Waals surface area (Å²) in [6, 6.07) is 11.5. The van der Waals surface area contributed by atoms with Gasteiger partial charge in [0, 0.05) is 24.6 Å². The number of rotatable bonds is 7. The maximum atomic E-state index is 12.6. The van der Waals surface area contributed by atoms with Crippen LogP contribution in [-0.4, -0.2) is 41.6 Å². The van der Waals surface area contributed by atoms with E-state index in [0.717, 1.165) is 16.3 Å². The minimum atomic E-state index is -1.14. The Morgan fingerprint density at radius 3 is 2.42 bits per heavy atom. The molecule has 0 unspecified atom stereocenters. The van der Waals surface area contributed by atoms with Crippen molar-refractivity contribution in [3.05, 3.63) is 47.5 Å². The van der Waals surface area contributed by atoms with Crippen LogP contribution < -0.4 is 34.7 Å². The molecule has 2 rings (SSSR count). The maximum absolute atomic E-state index is 12.6. The topological polar surface area (TPSA) is 80.7 Å². The number of aryl methyl sites for hydroxylation is 1. The molecule has 24 heavy (non-hydrogen) atoms. The molecular formula is C18H20NNaO4. The summed E-state index contributed by atoms with van der Waals surface area (Å²) in [5.74, 6) is -1.35. The number of hydrogen-bond acceptors (Lipinski definition) is 4. The van der Waals surface area contributed by atoms with E-state index in [1.807, 2.05) is 31.2 Å². The molecule has 0 spiro atoms. The number of fused-ring (bicyclic) bond motifs is 1. The van der Waals surface area contributed by atoms with Crippen LogP contribution in [0, 0.1) is 6.92 Å². The van der Waals surface area contributed by atoms with Crippen molar-refractivity contribution in [1.82, 2.24) is 4.90 Å². The van der Waals surface area contributed by atoms with Crippen LogP contribution in [0.15, 0.2) is 36.4 Å². The molecule has 0 radical (unpaired) electrons. The fourth-order valence-corrected chi connectivity index (χ4v) is 2.53. The zero-order valence-corrected chi connectivity index (χ0v) is 16.1. The molecular weight excluding hydrogens is 317 g/mol. The predicted octanol–water partition coefficient (Wildman–Crippen LogP) is -1.88. The van der Waals surface area contributed by atoms with Crippen LogP contribution in [0.2, 0.25) is 0 Å². The summed E-state index contributed by atoms with van der Waals surface area (Å²) >= 11 is 0. The molecule has 0 saturated heterocycles. The number of carbonyl (C=O) groups excluding carboxylic acids is 2. The average molecular weight is 337 g/mol. The van der Waals surface area contributed by atoms with Crippen molar-refractivity contribution in [2.24, 2.45) is 0 Å². The smallest absolute Gasteiger partial charge is 0.550 e.